The number of piperidine rings is 1. The fourth-order valence-corrected chi connectivity index (χ4v) is 2.95. The van der Waals surface area contributed by atoms with Crippen LogP contribution in [0.1, 0.15) is 18.4 Å². The zero-order chi connectivity index (χ0) is 11.1. The summed E-state index contributed by atoms with van der Waals surface area (Å²) in [5, 5.41) is 9.08. The molecule has 1 fully saturated rings. The molecule has 16 heavy (non-hydrogen) atoms. The number of anilines is 1. The largest absolute Gasteiger partial charge is 0.481 e. The Bertz CT molecular complexity index is 430. The molecule has 3 rings (SSSR count). The number of fused-ring (bicyclic) bond motifs is 3. The molecule has 3 heteroatoms. The van der Waals surface area contributed by atoms with E-state index in [9.17, 15) is 4.79 Å². The lowest BCUT2D eigenvalue weighted by Crippen LogP contribution is -2.43. The van der Waals surface area contributed by atoms with Crippen molar-refractivity contribution in [3.05, 3.63) is 29.8 Å². The van der Waals surface area contributed by atoms with Gasteiger partial charge in [0, 0.05) is 18.3 Å². The number of hydrogen-bond acceptors (Lipinski definition) is 2. The van der Waals surface area contributed by atoms with E-state index in [1.54, 1.807) is 0 Å². The Labute approximate surface area is 94.7 Å². The second-order valence-electron chi connectivity index (χ2n) is 4.75. The lowest BCUT2D eigenvalue weighted by molar-refractivity contribution is -0.142. The first-order valence-corrected chi connectivity index (χ1v) is 5.83. The van der Waals surface area contributed by atoms with Crippen molar-refractivity contribution in [2.45, 2.75) is 25.3 Å². The van der Waals surface area contributed by atoms with Crippen LogP contribution in [-0.2, 0) is 11.2 Å². The normalized spacial score (nSPS) is 27.4. The summed E-state index contributed by atoms with van der Waals surface area (Å²) < 4.78 is 0. The summed E-state index contributed by atoms with van der Waals surface area (Å²) in [5.74, 6) is -0.842. The van der Waals surface area contributed by atoms with Gasteiger partial charge in [0.05, 0.1) is 5.92 Å². The second-order valence-corrected chi connectivity index (χ2v) is 4.75. The van der Waals surface area contributed by atoms with Crippen LogP contribution in [0.3, 0.4) is 0 Å². The molecule has 1 N–H and O–H groups in total. The summed E-state index contributed by atoms with van der Waals surface area (Å²) in [6.45, 7) is 0.678. The maximum Gasteiger partial charge on any atom is 0.308 e. The minimum Gasteiger partial charge on any atom is -0.481 e. The Kier molecular flexibility index (Phi) is 2.13. The van der Waals surface area contributed by atoms with Gasteiger partial charge in [-0.15, -0.1) is 0 Å². The molecular weight excluding hydrogens is 202 g/mol. The molecule has 0 amide bonds. The first-order valence-electron chi connectivity index (χ1n) is 5.83. The van der Waals surface area contributed by atoms with E-state index in [1.165, 1.54) is 11.3 Å². The molecular formula is C13H15NO2. The second kappa shape index (κ2) is 3.51. The molecule has 2 atom stereocenters. The summed E-state index contributed by atoms with van der Waals surface area (Å²) in [7, 11) is 0. The van der Waals surface area contributed by atoms with Crippen LogP contribution < -0.4 is 4.90 Å². The first kappa shape index (κ1) is 9.70. The summed E-state index contributed by atoms with van der Waals surface area (Å²) in [6.07, 6.45) is 2.92. The van der Waals surface area contributed by atoms with Gasteiger partial charge in [-0.2, -0.15) is 0 Å². The van der Waals surface area contributed by atoms with Crippen LogP contribution in [-0.4, -0.2) is 23.7 Å². The molecule has 1 aromatic carbocycles. The van der Waals surface area contributed by atoms with Gasteiger partial charge < -0.3 is 10.0 Å². The summed E-state index contributed by atoms with van der Waals surface area (Å²) in [5.41, 5.74) is 2.62. The number of carbonyl (C=O) groups is 1. The molecule has 84 valence electrons. The monoisotopic (exact) mass is 217 g/mol. The van der Waals surface area contributed by atoms with Crippen molar-refractivity contribution in [3.63, 3.8) is 0 Å². The third-order valence-corrected chi connectivity index (χ3v) is 3.81. The van der Waals surface area contributed by atoms with E-state index in [0.29, 0.717) is 12.6 Å². The van der Waals surface area contributed by atoms with Crippen LogP contribution in [0.2, 0.25) is 0 Å². The summed E-state index contributed by atoms with van der Waals surface area (Å²) in [6, 6.07) is 8.90. The van der Waals surface area contributed by atoms with Gasteiger partial charge in [0.1, 0.15) is 0 Å². The standard InChI is InChI=1S/C13H15NO2/c15-13(16)10-5-6-11-7-9-3-1-2-4-12(9)14(11)8-10/h1-4,10-11H,5-8H2,(H,15,16). The van der Waals surface area contributed by atoms with Gasteiger partial charge in [0.15, 0.2) is 0 Å². The Morgan fingerprint density at radius 2 is 2.12 bits per heavy atom. The van der Waals surface area contributed by atoms with Crippen molar-refractivity contribution >= 4 is 11.7 Å². The number of aliphatic carboxylic acids is 1. The van der Waals surface area contributed by atoms with E-state index in [0.717, 1.165) is 19.3 Å². The average Bonchev–Trinajstić information content (AvgIpc) is 2.66. The van der Waals surface area contributed by atoms with Gasteiger partial charge in [0.2, 0.25) is 0 Å². The molecule has 2 aliphatic heterocycles. The topological polar surface area (TPSA) is 40.5 Å². The SMILES string of the molecule is O=C(O)C1CCC2Cc3ccccc3N2C1. The summed E-state index contributed by atoms with van der Waals surface area (Å²) in [4.78, 5) is 13.3. The highest BCUT2D eigenvalue weighted by Crippen LogP contribution is 2.38. The van der Waals surface area contributed by atoms with Crippen molar-refractivity contribution in [1.29, 1.82) is 0 Å². The van der Waals surface area contributed by atoms with E-state index in [4.69, 9.17) is 5.11 Å². The molecule has 0 aliphatic carbocycles. The molecule has 1 aromatic rings. The lowest BCUT2D eigenvalue weighted by Gasteiger charge is -2.35. The Hall–Kier alpha value is -1.51. The minimum atomic E-state index is -0.650. The Morgan fingerprint density at radius 3 is 2.94 bits per heavy atom. The zero-order valence-corrected chi connectivity index (χ0v) is 9.10. The van der Waals surface area contributed by atoms with Crippen LogP contribution in [0.15, 0.2) is 24.3 Å². The van der Waals surface area contributed by atoms with Gasteiger partial charge in [-0.1, -0.05) is 18.2 Å². The van der Waals surface area contributed by atoms with Gasteiger partial charge in [-0.3, -0.25) is 4.79 Å². The van der Waals surface area contributed by atoms with E-state index in [-0.39, 0.29) is 5.92 Å². The predicted molar refractivity (Wildman–Crippen MR) is 61.6 cm³/mol. The van der Waals surface area contributed by atoms with Crippen LogP contribution in [0, 0.1) is 5.92 Å². The Morgan fingerprint density at radius 1 is 1.31 bits per heavy atom. The van der Waals surface area contributed by atoms with Crippen molar-refractivity contribution in [2.75, 3.05) is 11.4 Å². The molecule has 0 saturated carbocycles. The van der Waals surface area contributed by atoms with Crippen molar-refractivity contribution in [3.8, 4) is 0 Å². The highest BCUT2D eigenvalue weighted by atomic mass is 16.4. The first-order chi connectivity index (χ1) is 7.75. The highest BCUT2D eigenvalue weighted by molar-refractivity contribution is 5.72. The predicted octanol–water partition coefficient (Wildman–Crippen LogP) is 1.91. The highest BCUT2D eigenvalue weighted by Gasteiger charge is 2.36. The minimum absolute atomic E-state index is 0.192. The zero-order valence-electron chi connectivity index (χ0n) is 9.10. The van der Waals surface area contributed by atoms with Gasteiger partial charge in [0.25, 0.3) is 0 Å². The third kappa shape index (κ3) is 1.39. The van der Waals surface area contributed by atoms with Crippen LogP contribution in [0.5, 0.6) is 0 Å². The van der Waals surface area contributed by atoms with Crippen molar-refractivity contribution in [2.24, 2.45) is 5.92 Å². The smallest absolute Gasteiger partial charge is 0.308 e. The lowest BCUT2D eigenvalue weighted by atomic mass is 9.93. The van der Waals surface area contributed by atoms with E-state index < -0.39 is 5.97 Å². The molecule has 2 heterocycles. The Balaban J connectivity index is 1.89. The maximum absolute atomic E-state index is 11.0. The number of carboxylic acid groups (broad SMARTS) is 1. The van der Waals surface area contributed by atoms with Crippen LogP contribution >= 0.6 is 0 Å². The molecule has 0 spiro atoms. The van der Waals surface area contributed by atoms with Crippen molar-refractivity contribution < 1.29 is 9.90 Å². The number of benzene rings is 1. The van der Waals surface area contributed by atoms with Gasteiger partial charge >= 0.3 is 5.97 Å². The van der Waals surface area contributed by atoms with Gasteiger partial charge in [-0.25, -0.2) is 0 Å². The van der Waals surface area contributed by atoms with E-state index in [2.05, 4.69) is 23.1 Å². The number of para-hydroxylation sites is 1. The quantitative estimate of drug-likeness (QED) is 0.781. The van der Waals surface area contributed by atoms with Crippen molar-refractivity contribution in [1.82, 2.24) is 0 Å². The third-order valence-electron chi connectivity index (χ3n) is 3.81. The molecule has 0 radical (unpaired) electrons. The molecule has 3 nitrogen and oxygen atoms in total. The number of rotatable bonds is 1. The van der Waals surface area contributed by atoms with E-state index >= 15 is 0 Å². The van der Waals surface area contributed by atoms with Gasteiger partial charge in [-0.05, 0) is 30.9 Å². The molecule has 2 unspecified atom stereocenters. The fourth-order valence-electron chi connectivity index (χ4n) is 2.95. The summed E-state index contributed by atoms with van der Waals surface area (Å²) >= 11 is 0. The molecule has 2 aliphatic rings. The number of hydrogen-bond donors (Lipinski definition) is 1. The molecule has 0 bridgehead atoms. The van der Waals surface area contributed by atoms with Crippen LogP contribution in [0.4, 0.5) is 5.69 Å². The fraction of sp³-hybridized carbons (Fsp3) is 0.462. The van der Waals surface area contributed by atoms with E-state index in [1.807, 2.05) is 6.07 Å². The average molecular weight is 217 g/mol. The van der Waals surface area contributed by atoms with Crippen LogP contribution in [0.25, 0.3) is 0 Å². The number of carboxylic acids is 1. The number of nitrogens with zero attached hydrogens (tertiary/aromatic N) is 1. The molecule has 0 aromatic heterocycles. The molecule has 1 saturated heterocycles. The maximum atomic E-state index is 11.0.